The van der Waals surface area contributed by atoms with Crippen molar-refractivity contribution in [3.05, 3.63) is 53.6 Å². The number of nitrogens with zero attached hydrogens (tertiary/aromatic N) is 1. The third-order valence-electron chi connectivity index (χ3n) is 3.72. The van der Waals surface area contributed by atoms with Crippen LogP contribution in [-0.2, 0) is 6.42 Å². The molecule has 0 bridgehead atoms. The summed E-state index contributed by atoms with van der Waals surface area (Å²) in [6, 6.07) is 16.1. The van der Waals surface area contributed by atoms with E-state index in [1.54, 1.807) is 0 Å². The van der Waals surface area contributed by atoms with Gasteiger partial charge in [0, 0.05) is 17.4 Å². The smallest absolute Gasteiger partial charge is 0.174 e. The number of hydrogen-bond donors (Lipinski definition) is 2. The van der Waals surface area contributed by atoms with Crippen LogP contribution in [0.1, 0.15) is 23.6 Å². The van der Waals surface area contributed by atoms with E-state index in [2.05, 4.69) is 17.4 Å². The second-order valence-electron chi connectivity index (χ2n) is 5.17. The molecule has 1 unspecified atom stereocenters. The average Bonchev–Trinajstić information content (AvgIpc) is 2.87. The molecule has 0 saturated heterocycles. The summed E-state index contributed by atoms with van der Waals surface area (Å²) in [7, 11) is 0. The minimum atomic E-state index is 0.0645. The second kappa shape index (κ2) is 5.76. The Bertz CT molecular complexity index is 691. The van der Waals surface area contributed by atoms with Crippen LogP contribution >= 0.6 is 0 Å². The molecule has 3 rings (SSSR count). The van der Waals surface area contributed by atoms with Gasteiger partial charge in [0.15, 0.2) is 6.61 Å². The minimum Gasteiger partial charge on any atom is -0.479 e. The quantitative estimate of drug-likeness (QED) is 0.843. The first-order valence-corrected chi connectivity index (χ1v) is 7.01. The normalized spacial score (nSPS) is 16.0. The van der Waals surface area contributed by atoms with E-state index >= 15 is 0 Å². The van der Waals surface area contributed by atoms with Gasteiger partial charge in [-0.3, -0.25) is 0 Å². The first-order chi connectivity index (χ1) is 10.3. The van der Waals surface area contributed by atoms with Crippen molar-refractivity contribution < 1.29 is 4.74 Å². The fourth-order valence-electron chi connectivity index (χ4n) is 2.78. The molecule has 2 aromatic carbocycles. The first kappa shape index (κ1) is 13.3. The largest absolute Gasteiger partial charge is 0.479 e. The summed E-state index contributed by atoms with van der Waals surface area (Å²) in [5.74, 6) is 0.706. The van der Waals surface area contributed by atoms with Crippen molar-refractivity contribution in [1.29, 1.82) is 5.26 Å². The molecule has 0 spiro atoms. The van der Waals surface area contributed by atoms with Crippen molar-refractivity contribution >= 4 is 11.4 Å². The Morgan fingerprint density at radius 1 is 1.29 bits per heavy atom. The molecule has 0 aromatic heterocycles. The van der Waals surface area contributed by atoms with Gasteiger partial charge in [-0.1, -0.05) is 12.1 Å². The highest BCUT2D eigenvalue weighted by Gasteiger charge is 2.22. The van der Waals surface area contributed by atoms with Gasteiger partial charge in [-0.15, -0.1) is 0 Å². The lowest BCUT2D eigenvalue weighted by Crippen LogP contribution is -2.07. The molecule has 21 heavy (non-hydrogen) atoms. The summed E-state index contributed by atoms with van der Waals surface area (Å²) in [4.78, 5) is 0. The molecule has 106 valence electrons. The number of fused-ring (bicyclic) bond motifs is 1. The third-order valence-corrected chi connectivity index (χ3v) is 3.72. The summed E-state index contributed by atoms with van der Waals surface area (Å²) < 4.78 is 5.33. The molecule has 0 radical (unpaired) electrons. The number of nitrogen functional groups attached to an aromatic ring is 1. The highest BCUT2D eigenvalue weighted by atomic mass is 16.5. The maximum absolute atomic E-state index is 8.56. The molecule has 0 aliphatic heterocycles. The van der Waals surface area contributed by atoms with Gasteiger partial charge in [0.25, 0.3) is 0 Å². The molecule has 0 fully saturated rings. The number of aryl methyl sites for hydroxylation is 1. The van der Waals surface area contributed by atoms with E-state index in [4.69, 9.17) is 15.7 Å². The highest BCUT2D eigenvalue weighted by Crippen LogP contribution is 2.35. The van der Waals surface area contributed by atoms with Crippen molar-refractivity contribution in [1.82, 2.24) is 0 Å². The molecule has 0 heterocycles. The van der Waals surface area contributed by atoms with Crippen LogP contribution in [0.2, 0.25) is 0 Å². The number of nitriles is 1. The molecule has 1 aliphatic rings. The van der Waals surface area contributed by atoms with Crippen LogP contribution in [-0.4, -0.2) is 6.61 Å². The Labute approximate surface area is 124 Å². The van der Waals surface area contributed by atoms with Crippen LogP contribution in [0, 0.1) is 11.3 Å². The highest BCUT2D eigenvalue weighted by molar-refractivity contribution is 5.54. The summed E-state index contributed by atoms with van der Waals surface area (Å²) in [6.45, 7) is 0.0645. The first-order valence-electron chi connectivity index (χ1n) is 7.01. The molecule has 4 nitrogen and oxygen atoms in total. The van der Waals surface area contributed by atoms with E-state index in [0.717, 1.165) is 24.2 Å². The Morgan fingerprint density at radius 3 is 3.05 bits per heavy atom. The summed E-state index contributed by atoms with van der Waals surface area (Å²) in [5, 5.41) is 12.1. The maximum atomic E-state index is 8.56. The lowest BCUT2D eigenvalue weighted by Gasteiger charge is -2.16. The molecule has 3 N–H and O–H groups in total. The Kier molecular flexibility index (Phi) is 3.65. The lowest BCUT2D eigenvalue weighted by atomic mass is 10.1. The van der Waals surface area contributed by atoms with Gasteiger partial charge in [0.05, 0.1) is 6.04 Å². The van der Waals surface area contributed by atoms with Crippen molar-refractivity contribution in [2.75, 3.05) is 17.7 Å². The predicted octanol–water partition coefficient (Wildman–Crippen LogP) is 3.27. The number of nitrogens with one attached hydrogen (secondary N) is 1. The predicted molar refractivity (Wildman–Crippen MR) is 83.1 cm³/mol. The zero-order chi connectivity index (χ0) is 14.7. The number of nitrogens with two attached hydrogens (primary N) is 1. The van der Waals surface area contributed by atoms with E-state index in [-0.39, 0.29) is 6.61 Å². The van der Waals surface area contributed by atoms with Crippen LogP contribution < -0.4 is 15.8 Å². The number of benzene rings is 2. The molecule has 2 aromatic rings. The topological polar surface area (TPSA) is 71.1 Å². The van der Waals surface area contributed by atoms with Gasteiger partial charge in [-0.25, -0.2) is 0 Å². The Hall–Kier alpha value is -2.67. The molecule has 0 amide bonds. The summed E-state index contributed by atoms with van der Waals surface area (Å²) in [5.41, 5.74) is 10.3. The van der Waals surface area contributed by atoms with Crippen LogP contribution in [0.3, 0.4) is 0 Å². The molecule has 4 heteroatoms. The van der Waals surface area contributed by atoms with Crippen LogP contribution in [0.4, 0.5) is 11.4 Å². The van der Waals surface area contributed by atoms with Crippen molar-refractivity contribution in [3.8, 4) is 11.8 Å². The van der Waals surface area contributed by atoms with Gasteiger partial charge in [0.1, 0.15) is 11.8 Å². The number of anilines is 2. The van der Waals surface area contributed by atoms with Gasteiger partial charge >= 0.3 is 0 Å². The SMILES string of the molecule is N#CCOc1cccc(NC2CCc3cc(N)ccc32)c1. The van der Waals surface area contributed by atoms with E-state index < -0.39 is 0 Å². The van der Waals surface area contributed by atoms with E-state index in [1.165, 1.54) is 11.1 Å². The molecular formula is C17H17N3O. The van der Waals surface area contributed by atoms with Crippen molar-refractivity contribution in [2.45, 2.75) is 18.9 Å². The number of ether oxygens (including phenoxy) is 1. The Morgan fingerprint density at radius 2 is 2.19 bits per heavy atom. The second-order valence-corrected chi connectivity index (χ2v) is 5.17. The van der Waals surface area contributed by atoms with E-state index in [9.17, 15) is 0 Å². The average molecular weight is 279 g/mol. The third kappa shape index (κ3) is 2.92. The van der Waals surface area contributed by atoms with Crippen LogP contribution in [0.15, 0.2) is 42.5 Å². The van der Waals surface area contributed by atoms with Crippen LogP contribution in [0.5, 0.6) is 5.75 Å². The van der Waals surface area contributed by atoms with Gasteiger partial charge in [-0.2, -0.15) is 5.26 Å². The maximum Gasteiger partial charge on any atom is 0.174 e. The zero-order valence-corrected chi connectivity index (χ0v) is 11.7. The molecule has 0 saturated carbocycles. The number of rotatable bonds is 4. The van der Waals surface area contributed by atoms with Crippen LogP contribution in [0.25, 0.3) is 0 Å². The monoisotopic (exact) mass is 279 g/mol. The summed E-state index contributed by atoms with van der Waals surface area (Å²) in [6.07, 6.45) is 2.10. The fourth-order valence-corrected chi connectivity index (χ4v) is 2.78. The van der Waals surface area contributed by atoms with E-state index in [0.29, 0.717) is 11.8 Å². The molecular weight excluding hydrogens is 262 g/mol. The zero-order valence-electron chi connectivity index (χ0n) is 11.7. The van der Waals surface area contributed by atoms with E-state index in [1.807, 2.05) is 36.4 Å². The molecule has 1 aliphatic carbocycles. The number of hydrogen-bond acceptors (Lipinski definition) is 4. The Balaban J connectivity index is 1.75. The van der Waals surface area contributed by atoms with Gasteiger partial charge in [-0.05, 0) is 48.2 Å². The minimum absolute atomic E-state index is 0.0645. The standard InChI is InChI=1S/C17H17N3O/c18-8-9-21-15-3-1-2-14(11-15)20-17-7-4-12-10-13(19)5-6-16(12)17/h1-3,5-6,10-11,17,20H,4,7,9,19H2. The van der Waals surface area contributed by atoms with Gasteiger partial charge < -0.3 is 15.8 Å². The van der Waals surface area contributed by atoms with Gasteiger partial charge in [0.2, 0.25) is 0 Å². The summed E-state index contributed by atoms with van der Waals surface area (Å²) >= 11 is 0. The lowest BCUT2D eigenvalue weighted by molar-refractivity contribution is 0.368. The van der Waals surface area contributed by atoms with Crippen molar-refractivity contribution in [2.24, 2.45) is 0 Å². The van der Waals surface area contributed by atoms with Crippen molar-refractivity contribution in [3.63, 3.8) is 0 Å². The fraction of sp³-hybridized carbons (Fsp3) is 0.235. The molecule has 1 atom stereocenters.